The average molecular weight is 435 g/mol. The first-order chi connectivity index (χ1) is 15.0. The first-order valence-electron chi connectivity index (χ1n) is 9.12. The normalized spacial score (nSPS) is 11.1. The molecule has 156 valence electrons. The molecule has 0 atom stereocenters. The van der Waals surface area contributed by atoms with E-state index in [0.29, 0.717) is 22.5 Å². The van der Waals surface area contributed by atoms with Crippen molar-refractivity contribution in [1.82, 2.24) is 9.97 Å². The molecule has 1 heterocycles. The van der Waals surface area contributed by atoms with Gasteiger partial charge < -0.3 is 10.1 Å². The summed E-state index contributed by atoms with van der Waals surface area (Å²) >= 11 is 0. The van der Waals surface area contributed by atoms with E-state index in [0.717, 1.165) is 0 Å². The van der Waals surface area contributed by atoms with Gasteiger partial charge in [-0.05, 0) is 47.6 Å². The Morgan fingerprint density at radius 2 is 1.58 bits per heavy atom. The number of aromatic nitrogens is 2. The Hall–Kier alpha value is -4.05. The molecular weight excluding hydrogens is 418 g/mol. The minimum atomic E-state index is -4.06. The number of hydrogen-bond acceptors (Lipinski definition) is 8. The van der Waals surface area contributed by atoms with Gasteiger partial charge in [-0.15, -0.1) is 4.91 Å². The fraction of sp³-hybridized carbons (Fsp3) is 0.0476. The summed E-state index contributed by atoms with van der Waals surface area (Å²) in [4.78, 5) is 19.6. The van der Waals surface area contributed by atoms with E-state index in [-0.39, 0.29) is 22.2 Å². The van der Waals surface area contributed by atoms with Crippen LogP contribution < -0.4 is 14.8 Å². The van der Waals surface area contributed by atoms with Crippen LogP contribution in [0.5, 0.6) is 5.75 Å². The zero-order chi connectivity index (χ0) is 21.8. The predicted octanol–water partition coefficient (Wildman–Crippen LogP) is 4.58. The summed E-state index contributed by atoms with van der Waals surface area (Å²) in [5.74, 6) is 0.838. The quantitative estimate of drug-likeness (QED) is 0.407. The Morgan fingerprint density at radius 3 is 2.29 bits per heavy atom. The highest BCUT2D eigenvalue weighted by Crippen LogP contribution is 2.29. The number of nitroso groups, excluding NO2 is 1. The van der Waals surface area contributed by atoms with Crippen molar-refractivity contribution in [3.8, 4) is 5.75 Å². The molecule has 0 aliphatic rings. The second-order valence-electron chi connectivity index (χ2n) is 6.46. The van der Waals surface area contributed by atoms with Gasteiger partial charge >= 0.3 is 0 Å². The number of anilines is 3. The van der Waals surface area contributed by atoms with Crippen LogP contribution in [0.1, 0.15) is 0 Å². The van der Waals surface area contributed by atoms with Gasteiger partial charge in [0, 0.05) is 11.8 Å². The molecule has 0 saturated heterocycles. The van der Waals surface area contributed by atoms with Gasteiger partial charge in [0.25, 0.3) is 10.0 Å². The maximum Gasteiger partial charge on any atom is 0.263 e. The lowest BCUT2D eigenvalue weighted by molar-refractivity contribution is 0.415. The summed E-state index contributed by atoms with van der Waals surface area (Å²) in [5, 5.41) is 5.87. The lowest BCUT2D eigenvalue weighted by Gasteiger charge is -2.14. The van der Waals surface area contributed by atoms with E-state index in [1.165, 1.54) is 24.3 Å². The van der Waals surface area contributed by atoms with Crippen molar-refractivity contribution >= 4 is 44.1 Å². The third-order valence-corrected chi connectivity index (χ3v) is 5.70. The average Bonchev–Trinajstić information content (AvgIpc) is 2.79. The Kier molecular flexibility index (Phi) is 5.46. The molecule has 9 nitrogen and oxygen atoms in total. The number of fused-ring (bicyclic) bond motifs is 1. The molecule has 0 aliphatic carbocycles. The fourth-order valence-electron chi connectivity index (χ4n) is 2.89. The Bertz CT molecular complexity index is 1380. The molecule has 4 rings (SSSR count). The van der Waals surface area contributed by atoms with Crippen LogP contribution in [0.2, 0.25) is 0 Å². The number of ether oxygens (including phenoxy) is 1. The summed E-state index contributed by atoms with van der Waals surface area (Å²) in [7, 11) is -2.51. The maximum absolute atomic E-state index is 12.9. The van der Waals surface area contributed by atoms with Gasteiger partial charge in [0.1, 0.15) is 11.4 Å². The molecule has 0 fully saturated rings. The Balaban J connectivity index is 1.78. The fourth-order valence-corrected chi connectivity index (χ4v) is 3.94. The van der Waals surface area contributed by atoms with Crippen molar-refractivity contribution < 1.29 is 13.2 Å². The molecule has 0 bridgehead atoms. The summed E-state index contributed by atoms with van der Waals surface area (Å²) in [6.07, 6.45) is 0. The van der Waals surface area contributed by atoms with E-state index in [2.05, 4.69) is 25.2 Å². The smallest absolute Gasteiger partial charge is 0.263 e. The van der Waals surface area contributed by atoms with Gasteiger partial charge in [-0.3, -0.25) is 4.72 Å². The van der Waals surface area contributed by atoms with E-state index in [1.807, 2.05) is 6.07 Å². The lowest BCUT2D eigenvalue weighted by Crippen LogP contribution is -2.16. The monoisotopic (exact) mass is 435 g/mol. The second-order valence-corrected chi connectivity index (χ2v) is 8.14. The molecule has 10 heteroatoms. The maximum atomic E-state index is 12.9. The van der Waals surface area contributed by atoms with E-state index in [1.54, 1.807) is 49.6 Å². The molecule has 0 aliphatic heterocycles. The minimum absolute atomic E-state index is 0.00204. The molecule has 0 unspecified atom stereocenters. The zero-order valence-corrected chi connectivity index (χ0v) is 17.1. The third-order valence-electron chi connectivity index (χ3n) is 4.37. The van der Waals surface area contributed by atoms with E-state index in [4.69, 9.17) is 4.74 Å². The molecule has 0 spiro atoms. The van der Waals surface area contributed by atoms with Crippen LogP contribution in [-0.2, 0) is 10.0 Å². The molecule has 4 aromatic rings. The molecule has 2 N–H and O–H groups in total. The van der Waals surface area contributed by atoms with Crippen molar-refractivity contribution in [3.63, 3.8) is 0 Å². The summed E-state index contributed by atoms with van der Waals surface area (Å²) in [5.41, 5.74) is 1.74. The number of hydrogen-bond donors (Lipinski definition) is 2. The van der Waals surface area contributed by atoms with Crippen LogP contribution in [-0.4, -0.2) is 25.5 Å². The van der Waals surface area contributed by atoms with Crippen LogP contribution >= 0.6 is 0 Å². The summed E-state index contributed by atoms with van der Waals surface area (Å²) in [6, 6.07) is 19.6. The van der Waals surface area contributed by atoms with Crippen LogP contribution in [0.15, 0.2) is 82.9 Å². The number of sulfonamides is 1. The molecule has 31 heavy (non-hydrogen) atoms. The second kappa shape index (κ2) is 8.36. The Morgan fingerprint density at radius 1 is 0.871 bits per heavy atom. The summed E-state index contributed by atoms with van der Waals surface area (Å²) < 4.78 is 33.6. The van der Waals surface area contributed by atoms with E-state index in [9.17, 15) is 13.3 Å². The highest BCUT2D eigenvalue weighted by molar-refractivity contribution is 7.92. The summed E-state index contributed by atoms with van der Waals surface area (Å²) in [6.45, 7) is 0. The van der Waals surface area contributed by atoms with E-state index < -0.39 is 10.0 Å². The first-order valence-corrected chi connectivity index (χ1v) is 10.6. The number of para-hydroxylation sites is 2. The van der Waals surface area contributed by atoms with Gasteiger partial charge in [-0.25, -0.2) is 18.4 Å². The predicted molar refractivity (Wildman–Crippen MR) is 119 cm³/mol. The van der Waals surface area contributed by atoms with Crippen LogP contribution in [0, 0.1) is 4.91 Å². The van der Waals surface area contributed by atoms with Crippen LogP contribution in [0.3, 0.4) is 0 Å². The number of benzene rings is 3. The number of methoxy groups -OCH3 is 1. The topological polar surface area (TPSA) is 123 Å². The molecule has 0 radical (unpaired) electrons. The lowest BCUT2D eigenvalue weighted by atomic mass is 10.3. The van der Waals surface area contributed by atoms with Gasteiger partial charge in [-0.2, -0.15) is 0 Å². The van der Waals surface area contributed by atoms with Gasteiger partial charge in [0.2, 0.25) is 0 Å². The largest absolute Gasteiger partial charge is 0.497 e. The van der Waals surface area contributed by atoms with Gasteiger partial charge in [0.15, 0.2) is 11.6 Å². The first kappa shape index (κ1) is 20.2. The molecule has 1 aromatic heterocycles. The standard InChI is InChI=1S/C21H17N5O4S/c1-30-16-8-4-6-14(12-16)22-20-21(24-19-11-3-2-10-18(19)23-20)26-31(28,29)17-9-5-7-15(13-17)25-27/h2-13H,1H3,(H,22,23)(H,24,26). The molecule has 3 aromatic carbocycles. The highest BCUT2D eigenvalue weighted by Gasteiger charge is 2.19. The van der Waals surface area contributed by atoms with Crippen molar-refractivity contribution in [2.24, 2.45) is 5.18 Å². The number of nitrogens with zero attached hydrogens (tertiary/aromatic N) is 3. The van der Waals surface area contributed by atoms with Crippen LogP contribution in [0.25, 0.3) is 11.0 Å². The van der Waals surface area contributed by atoms with Crippen LogP contribution in [0.4, 0.5) is 23.0 Å². The van der Waals surface area contributed by atoms with E-state index >= 15 is 0 Å². The van der Waals surface area contributed by atoms with Gasteiger partial charge in [0.05, 0.1) is 23.0 Å². The number of nitrogens with one attached hydrogen (secondary N) is 2. The SMILES string of the molecule is COc1cccc(Nc2nc3ccccc3nc2NS(=O)(=O)c2cccc(N=O)c2)c1. The van der Waals surface area contributed by atoms with Crippen molar-refractivity contribution in [2.75, 3.05) is 17.1 Å². The minimum Gasteiger partial charge on any atom is -0.497 e. The molecule has 0 saturated carbocycles. The van der Waals surface area contributed by atoms with Crippen molar-refractivity contribution in [2.45, 2.75) is 4.90 Å². The molecular formula is C21H17N5O4S. The van der Waals surface area contributed by atoms with Crippen molar-refractivity contribution in [1.29, 1.82) is 0 Å². The third kappa shape index (κ3) is 4.43. The Labute approximate surface area is 178 Å². The zero-order valence-electron chi connectivity index (χ0n) is 16.3. The van der Waals surface area contributed by atoms with Crippen molar-refractivity contribution in [3.05, 3.63) is 77.7 Å². The highest BCUT2D eigenvalue weighted by atomic mass is 32.2. The number of rotatable bonds is 7. The molecule has 0 amide bonds. The van der Waals surface area contributed by atoms with Gasteiger partial charge in [-0.1, -0.05) is 24.3 Å².